The summed E-state index contributed by atoms with van der Waals surface area (Å²) in [5.41, 5.74) is -0.647. The van der Waals surface area contributed by atoms with Crippen LogP contribution in [0.5, 0.6) is 0 Å². The van der Waals surface area contributed by atoms with Crippen LogP contribution in [0.15, 0.2) is 40.2 Å². The van der Waals surface area contributed by atoms with Crippen LogP contribution in [-0.4, -0.2) is 23.3 Å². The second kappa shape index (κ2) is 5.61. The molecule has 1 aliphatic rings. The molecule has 2 heterocycles. The molecule has 6 heteroatoms. The third-order valence-corrected chi connectivity index (χ3v) is 5.23. The van der Waals surface area contributed by atoms with Gasteiger partial charge in [-0.15, -0.1) is 11.3 Å². The number of aliphatic hydroxyl groups is 1. The zero-order valence-corrected chi connectivity index (χ0v) is 14.3. The number of hydrogen-bond donors (Lipinski definition) is 1. The predicted octanol–water partition coefficient (Wildman–Crippen LogP) is 3.34. The van der Waals surface area contributed by atoms with Gasteiger partial charge in [0.05, 0.1) is 17.0 Å². The Morgan fingerprint density at radius 3 is 2.82 bits per heavy atom. The second-order valence-corrected chi connectivity index (χ2v) is 7.01. The van der Waals surface area contributed by atoms with E-state index in [4.69, 9.17) is 0 Å². The molecule has 114 valence electrons. The van der Waals surface area contributed by atoms with E-state index in [2.05, 4.69) is 15.9 Å². The van der Waals surface area contributed by atoms with Gasteiger partial charge in [0.15, 0.2) is 11.4 Å². The van der Waals surface area contributed by atoms with Crippen molar-refractivity contribution in [2.45, 2.75) is 18.9 Å². The van der Waals surface area contributed by atoms with Crippen molar-refractivity contribution in [1.29, 1.82) is 0 Å². The Kier molecular flexibility index (Phi) is 3.92. The molecular weight excluding hydrogens is 366 g/mol. The molecule has 1 aliphatic heterocycles. The van der Waals surface area contributed by atoms with Crippen LogP contribution in [0.1, 0.15) is 28.6 Å². The van der Waals surface area contributed by atoms with Gasteiger partial charge in [-0.3, -0.25) is 9.59 Å². The lowest BCUT2D eigenvalue weighted by molar-refractivity contribution is -0.135. The van der Waals surface area contributed by atoms with Crippen molar-refractivity contribution in [3.05, 3.63) is 50.6 Å². The van der Waals surface area contributed by atoms with Crippen LogP contribution in [0, 0.1) is 0 Å². The van der Waals surface area contributed by atoms with E-state index in [0.717, 1.165) is 4.47 Å². The Bertz CT molecular complexity index is 744. The van der Waals surface area contributed by atoms with E-state index in [1.807, 2.05) is 13.0 Å². The molecule has 22 heavy (non-hydrogen) atoms. The number of thiophene rings is 1. The number of carbonyl (C=O) groups is 2. The monoisotopic (exact) mass is 379 g/mol. The molecule has 2 aromatic rings. The van der Waals surface area contributed by atoms with Gasteiger partial charge in [0.2, 0.25) is 0 Å². The molecule has 1 amide bonds. The van der Waals surface area contributed by atoms with E-state index in [1.165, 1.54) is 16.2 Å². The number of likely N-dealkylation sites (N-methyl/N-ethyl adjacent to an activating group) is 1. The van der Waals surface area contributed by atoms with Gasteiger partial charge < -0.3 is 10.0 Å². The maximum absolute atomic E-state index is 12.6. The molecule has 1 atom stereocenters. The number of hydrogen-bond acceptors (Lipinski definition) is 4. The van der Waals surface area contributed by atoms with Gasteiger partial charge in [0.25, 0.3) is 5.91 Å². The van der Waals surface area contributed by atoms with Gasteiger partial charge in [0, 0.05) is 16.6 Å². The molecule has 1 unspecified atom stereocenters. The summed E-state index contributed by atoms with van der Waals surface area (Å²) in [5, 5.41) is 12.8. The average Bonchev–Trinajstić information content (AvgIpc) is 3.08. The quantitative estimate of drug-likeness (QED) is 0.828. The van der Waals surface area contributed by atoms with Crippen LogP contribution in [0.2, 0.25) is 0 Å². The van der Waals surface area contributed by atoms with Gasteiger partial charge in [-0.05, 0) is 36.6 Å². The number of fused-ring (bicyclic) bond motifs is 1. The fourth-order valence-electron chi connectivity index (χ4n) is 2.76. The second-order valence-electron chi connectivity index (χ2n) is 5.15. The third-order valence-electron chi connectivity index (χ3n) is 3.82. The summed E-state index contributed by atoms with van der Waals surface area (Å²) in [6, 6.07) is 8.80. The summed E-state index contributed by atoms with van der Waals surface area (Å²) in [5.74, 6) is -0.664. The summed E-state index contributed by atoms with van der Waals surface area (Å²) in [7, 11) is 0. The fraction of sp³-hybridized carbons (Fsp3) is 0.250. The lowest BCUT2D eigenvalue weighted by Gasteiger charge is -2.21. The zero-order chi connectivity index (χ0) is 15.9. The predicted molar refractivity (Wildman–Crippen MR) is 89.3 cm³/mol. The molecule has 0 fully saturated rings. The molecule has 1 N–H and O–H groups in total. The topological polar surface area (TPSA) is 57.6 Å². The summed E-state index contributed by atoms with van der Waals surface area (Å²) in [6.45, 7) is 2.29. The van der Waals surface area contributed by atoms with E-state index in [0.29, 0.717) is 22.7 Å². The minimum absolute atomic E-state index is 0.227. The highest BCUT2D eigenvalue weighted by Crippen LogP contribution is 2.44. The Morgan fingerprint density at radius 1 is 1.41 bits per heavy atom. The summed E-state index contributed by atoms with van der Waals surface area (Å²) < 4.78 is 0.763. The van der Waals surface area contributed by atoms with Gasteiger partial charge in [-0.2, -0.15) is 0 Å². The van der Waals surface area contributed by atoms with E-state index >= 15 is 0 Å². The first kappa shape index (κ1) is 15.4. The first-order valence-corrected chi connectivity index (χ1v) is 8.55. The first-order chi connectivity index (χ1) is 10.5. The minimum Gasteiger partial charge on any atom is -0.375 e. The standard InChI is InChI=1S/C16H14BrNO3S/c1-2-18-12-6-5-10(17)8-11(12)16(21,15(18)20)9-13(19)14-4-3-7-22-14/h3-8,21H,2,9H2,1H3. The first-order valence-electron chi connectivity index (χ1n) is 6.88. The van der Waals surface area contributed by atoms with E-state index in [-0.39, 0.29) is 12.2 Å². The molecule has 1 aromatic heterocycles. The molecular formula is C16H14BrNO3S. The summed E-state index contributed by atoms with van der Waals surface area (Å²) >= 11 is 4.67. The highest BCUT2D eigenvalue weighted by Gasteiger charge is 2.50. The smallest absolute Gasteiger partial charge is 0.264 e. The highest BCUT2D eigenvalue weighted by atomic mass is 79.9. The van der Waals surface area contributed by atoms with Crippen molar-refractivity contribution < 1.29 is 14.7 Å². The highest BCUT2D eigenvalue weighted by molar-refractivity contribution is 9.10. The number of halogens is 1. The molecule has 0 radical (unpaired) electrons. The van der Waals surface area contributed by atoms with Crippen LogP contribution in [0.25, 0.3) is 0 Å². The molecule has 0 saturated heterocycles. The molecule has 3 rings (SSSR count). The Labute approximate surface area is 140 Å². The normalized spacial score (nSPS) is 20.3. The minimum atomic E-state index is -1.80. The summed E-state index contributed by atoms with van der Waals surface area (Å²) in [6.07, 6.45) is -0.244. The van der Waals surface area contributed by atoms with Gasteiger partial charge in [0.1, 0.15) is 0 Å². The Balaban J connectivity index is 2.04. The lowest BCUT2D eigenvalue weighted by Crippen LogP contribution is -2.41. The average molecular weight is 380 g/mol. The largest absolute Gasteiger partial charge is 0.375 e. The van der Waals surface area contributed by atoms with Crippen LogP contribution in [-0.2, 0) is 10.4 Å². The van der Waals surface area contributed by atoms with Crippen LogP contribution >= 0.6 is 27.3 Å². The molecule has 0 aliphatic carbocycles. The lowest BCUT2D eigenvalue weighted by atomic mass is 9.89. The Hall–Kier alpha value is -1.50. The zero-order valence-electron chi connectivity index (χ0n) is 11.9. The molecule has 1 aromatic carbocycles. The van der Waals surface area contributed by atoms with Crippen molar-refractivity contribution in [3.8, 4) is 0 Å². The van der Waals surface area contributed by atoms with Gasteiger partial charge in [-0.25, -0.2) is 0 Å². The van der Waals surface area contributed by atoms with E-state index in [1.54, 1.807) is 29.6 Å². The molecule has 4 nitrogen and oxygen atoms in total. The number of nitrogens with zero attached hydrogens (tertiary/aromatic N) is 1. The SMILES string of the molecule is CCN1C(=O)C(O)(CC(=O)c2cccs2)c2cc(Br)ccc21. The number of carbonyl (C=O) groups excluding carboxylic acids is 2. The maximum atomic E-state index is 12.6. The fourth-order valence-corrected chi connectivity index (χ4v) is 3.79. The van der Waals surface area contributed by atoms with Crippen molar-refractivity contribution in [3.63, 3.8) is 0 Å². The van der Waals surface area contributed by atoms with Crippen LogP contribution < -0.4 is 4.90 Å². The Morgan fingerprint density at radius 2 is 2.18 bits per heavy atom. The maximum Gasteiger partial charge on any atom is 0.264 e. The van der Waals surface area contributed by atoms with Crippen molar-refractivity contribution in [2.75, 3.05) is 11.4 Å². The molecule has 0 spiro atoms. The van der Waals surface area contributed by atoms with Crippen LogP contribution in [0.3, 0.4) is 0 Å². The van der Waals surface area contributed by atoms with Crippen LogP contribution in [0.4, 0.5) is 5.69 Å². The number of benzene rings is 1. The molecule has 0 saturated carbocycles. The number of Topliss-reactive ketones (excluding diaryl/α,β-unsaturated/α-hetero) is 1. The van der Waals surface area contributed by atoms with E-state index < -0.39 is 11.5 Å². The number of rotatable bonds is 4. The van der Waals surface area contributed by atoms with E-state index in [9.17, 15) is 14.7 Å². The third kappa shape index (κ3) is 2.31. The molecule has 0 bridgehead atoms. The van der Waals surface area contributed by atoms with Gasteiger partial charge >= 0.3 is 0 Å². The van der Waals surface area contributed by atoms with Crippen molar-refractivity contribution >= 4 is 44.6 Å². The summed E-state index contributed by atoms with van der Waals surface area (Å²) in [4.78, 5) is 27.1. The van der Waals surface area contributed by atoms with Crippen molar-refractivity contribution in [1.82, 2.24) is 0 Å². The number of ketones is 1. The van der Waals surface area contributed by atoms with Crippen molar-refractivity contribution in [2.24, 2.45) is 0 Å². The van der Waals surface area contributed by atoms with Gasteiger partial charge in [-0.1, -0.05) is 22.0 Å². The number of anilines is 1. The number of amides is 1.